The van der Waals surface area contributed by atoms with Crippen LogP contribution in [0.25, 0.3) is 17.0 Å². The third-order valence-electron chi connectivity index (χ3n) is 7.47. The highest BCUT2D eigenvalue weighted by molar-refractivity contribution is 5.89. The summed E-state index contributed by atoms with van der Waals surface area (Å²) < 4.78 is 10.5. The van der Waals surface area contributed by atoms with Crippen LogP contribution in [0.15, 0.2) is 60.8 Å². The van der Waals surface area contributed by atoms with E-state index in [2.05, 4.69) is 22.0 Å². The number of aromatic nitrogens is 1. The van der Waals surface area contributed by atoms with Crippen molar-refractivity contribution in [2.24, 2.45) is 11.8 Å². The molecule has 3 aliphatic rings. The van der Waals surface area contributed by atoms with E-state index in [0.717, 1.165) is 53.7 Å². The Bertz CT molecular complexity index is 1220. The van der Waals surface area contributed by atoms with Gasteiger partial charge in [-0.2, -0.15) is 0 Å². The van der Waals surface area contributed by atoms with E-state index in [0.29, 0.717) is 24.0 Å². The summed E-state index contributed by atoms with van der Waals surface area (Å²) in [6, 6.07) is 15.4. The fourth-order valence-electron chi connectivity index (χ4n) is 5.57. The molecule has 6 nitrogen and oxygen atoms in total. The first-order valence-corrected chi connectivity index (χ1v) is 12.4. The Morgan fingerprint density at radius 1 is 1.23 bits per heavy atom. The second-order valence-corrected chi connectivity index (χ2v) is 9.44. The third-order valence-corrected chi connectivity index (χ3v) is 7.47. The third kappa shape index (κ3) is 4.81. The molecule has 2 aromatic carbocycles. The van der Waals surface area contributed by atoms with Gasteiger partial charge in [0.1, 0.15) is 5.75 Å². The molecule has 5 atom stereocenters. The van der Waals surface area contributed by atoms with Gasteiger partial charge in [0, 0.05) is 24.2 Å². The quantitative estimate of drug-likeness (QED) is 0.495. The number of pyridine rings is 1. The molecular weight excluding hydrogens is 440 g/mol. The van der Waals surface area contributed by atoms with Crippen LogP contribution < -0.4 is 4.74 Å². The van der Waals surface area contributed by atoms with E-state index in [1.54, 1.807) is 13.3 Å². The van der Waals surface area contributed by atoms with Gasteiger partial charge in [-0.1, -0.05) is 24.3 Å². The number of hydrogen-bond acceptors (Lipinski definition) is 6. The maximum Gasteiger partial charge on any atom is 0.338 e. The average Bonchev–Trinajstić information content (AvgIpc) is 2.91. The minimum Gasteiger partial charge on any atom is -0.497 e. The van der Waals surface area contributed by atoms with Crippen molar-refractivity contribution in [1.29, 1.82) is 0 Å². The number of fused-ring (bicyclic) bond motifs is 4. The first-order valence-electron chi connectivity index (χ1n) is 12.4. The van der Waals surface area contributed by atoms with Crippen LogP contribution >= 0.6 is 0 Å². The van der Waals surface area contributed by atoms with Gasteiger partial charge < -0.3 is 14.6 Å². The zero-order valence-corrected chi connectivity index (χ0v) is 20.3. The molecule has 2 bridgehead atoms. The number of ether oxygens (including phenoxy) is 2. The zero-order chi connectivity index (χ0) is 24.4. The normalized spacial score (nSPS) is 24.5. The highest BCUT2D eigenvalue weighted by atomic mass is 16.5. The number of methoxy groups -OCH3 is 1. The van der Waals surface area contributed by atoms with Gasteiger partial charge in [0.05, 0.1) is 30.9 Å². The lowest BCUT2D eigenvalue weighted by Gasteiger charge is -2.50. The largest absolute Gasteiger partial charge is 0.497 e. The number of piperidine rings is 3. The van der Waals surface area contributed by atoms with Gasteiger partial charge in [-0.25, -0.2) is 4.79 Å². The number of rotatable bonds is 7. The van der Waals surface area contributed by atoms with Crippen LogP contribution in [0.2, 0.25) is 0 Å². The molecule has 0 radical (unpaired) electrons. The van der Waals surface area contributed by atoms with E-state index in [-0.39, 0.29) is 12.0 Å². The number of benzene rings is 2. The summed E-state index contributed by atoms with van der Waals surface area (Å²) in [7, 11) is 1.65. The molecule has 6 heteroatoms. The Hall–Kier alpha value is -3.22. The Balaban J connectivity index is 1.29. The summed E-state index contributed by atoms with van der Waals surface area (Å²) in [4.78, 5) is 18.8. The van der Waals surface area contributed by atoms with Crippen molar-refractivity contribution in [2.45, 2.75) is 31.9 Å². The molecule has 1 aromatic heterocycles. The molecule has 0 saturated carbocycles. The van der Waals surface area contributed by atoms with E-state index in [1.165, 1.54) is 0 Å². The minimum absolute atomic E-state index is 0.0964. The molecule has 182 valence electrons. The molecule has 3 aromatic rings. The second-order valence-electron chi connectivity index (χ2n) is 9.44. The maximum absolute atomic E-state index is 11.9. The van der Waals surface area contributed by atoms with Gasteiger partial charge in [-0.05, 0) is 85.7 Å². The molecule has 0 amide bonds. The van der Waals surface area contributed by atoms with E-state index in [1.807, 2.05) is 55.5 Å². The molecule has 35 heavy (non-hydrogen) atoms. The van der Waals surface area contributed by atoms with Gasteiger partial charge in [-0.3, -0.25) is 9.88 Å². The Morgan fingerprint density at radius 3 is 2.77 bits per heavy atom. The molecule has 1 N–H and O–H groups in total. The second kappa shape index (κ2) is 10.2. The number of nitrogens with zero attached hydrogens (tertiary/aromatic N) is 2. The minimum atomic E-state index is -0.573. The summed E-state index contributed by atoms with van der Waals surface area (Å²) in [5.74, 6) is 1.47. The summed E-state index contributed by atoms with van der Waals surface area (Å²) in [6.45, 7) is 4.14. The lowest BCUT2D eigenvalue weighted by molar-refractivity contribution is -0.0444. The molecule has 3 aliphatic heterocycles. The van der Waals surface area contributed by atoms with Gasteiger partial charge in [0.15, 0.2) is 0 Å². The fourth-order valence-corrected chi connectivity index (χ4v) is 5.57. The van der Waals surface area contributed by atoms with Crippen LogP contribution in [-0.2, 0) is 4.74 Å². The predicted molar refractivity (Wildman–Crippen MR) is 136 cm³/mol. The molecular formula is C29H32N2O4. The van der Waals surface area contributed by atoms with Crippen molar-refractivity contribution in [1.82, 2.24) is 9.88 Å². The van der Waals surface area contributed by atoms with Crippen molar-refractivity contribution >= 4 is 22.9 Å². The lowest BCUT2D eigenvalue weighted by atomic mass is 9.73. The van der Waals surface area contributed by atoms with Crippen LogP contribution in [0.3, 0.4) is 0 Å². The highest BCUT2D eigenvalue weighted by Crippen LogP contribution is 2.42. The van der Waals surface area contributed by atoms with Crippen molar-refractivity contribution in [2.75, 3.05) is 26.8 Å². The van der Waals surface area contributed by atoms with Gasteiger partial charge in [-0.15, -0.1) is 0 Å². The molecule has 0 aliphatic carbocycles. The topological polar surface area (TPSA) is 71.9 Å². The average molecular weight is 473 g/mol. The number of aliphatic hydroxyl groups is 1. The van der Waals surface area contributed by atoms with Crippen LogP contribution in [0.4, 0.5) is 0 Å². The maximum atomic E-state index is 11.9. The van der Waals surface area contributed by atoms with E-state index >= 15 is 0 Å². The Kier molecular flexibility index (Phi) is 6.84. The summed E-state index contributed by atoms with van der Waals surface area (Å²) in [5.41, 5.74) is 3.43. The van der Waals surface area contributed by atoms with Crippen LogP contribution in [0.1, 0.15) is 47.4 Å². The van der Waals surface area contributed by atoms with Crippen molar-refractivity contribution in [3.05, 3.63) is 77.5 Å². The van der Waals surface area contributed by atoms with E-state index in [9.17, 15) is 9.90 Å². The van der Waals surface area contributed by atoms with Crippen LogP contribution in [0.5, 0.6) is 5.75 Å². The van der Waals surface area contributed by atoms with Gasteiger partial charge >= 0.3 is 5.97 Å². The monoisotopic (exact) mass is 472 g/mol. The van der Waals surface area contributed by atoms with Crippen LogP contribution in [-0.4, -0.2) is 53.8 Å². The zero-order valence-electron chi connectivity index (χ0n) is 20.3. The SMILES string of the molecule is CCOC(=O)c1ccc(/C=C/C2CN3CCC2CC3[C@H](O)c2ccnc3ccc(OC)cc23)cc1. The number of aliphatic hydroxyl groups excluding tert-OH is 1. The first kappa shape index (κ1) is 23.5. The number of carbonyl (C=O) groups excluding carboxylic acids is 1. The van der Waals surface area contributed by atoms with Crippen LogP contribution in [0, 0.1) is 11.8 Å². The number of esters is 1. The first-order chi connectivity index (χ1) is 17.1. The predicted octanol–water partition coefficient (Wildman–Crippen LogP) is 4.88. The van der Waals surface area contributed by atoms with Crippen molar-refractivity contribution in [3.8, 4) is 5.75 Å². The molecule has 4 unspecified atom stereocenters. The van der Waals surface area contributed by atoms with Gasteiger partial charge in [0.2, 0.25) is 0 Å². The standard InChI is InChI=1S/C29H32N2O4/c1-3-35-29(33)20-7-4-19(5-8-20)6-9-22-18-31-15-13-21(22)16-27(31)28(32)24-12-14-30-26-11-10-23(34-2)17-25(24)26/h4-12,14,17,21-22,27-28,32H,3,13,15-16,18H2,1-2H3/b9-6+/t21?,22?,27?,28-/m1/s1. The Labute approximate surface area is 206 Å². The number of hydrogen-bond donors (Lipinski definition) is 1. The van der Waals surface area contributed by atoms with E-state index in [4.69, 9.17) is 9.47 Å². The fraction of sp³-hybridized carbons (Fsp3) is 0.379. The highest BCUT2D eigenvalue weighted by Gasteiger charge is 2.42. The summed E-state index contributed by atoms with van der Waals surface area (Å²) in [5, 5.41) is 12.4. The number of carbonyl (C=O) groups is 1. The smallest absolute Gasteiger partial charge is 0.338 e. The van der Waals surface area contributed by atoms with Crippen molar-refractivity contribution in [3.63, 3.8) is 0 Å². The summed E-state index contributed by atoms with van der Waals surface area (Å²) >= 11 is 0. The Morgan fingerprint density at radius 2 is 2.06 bits per heavy atom. The van der Waals surface area contributed by atoms with E-state index < -0.39 is 6.10 Å². The molecule has 4 heterocycles. The lowest BCUT2D eigenvalue weighted by Crippen LogP contribution is -2.54. The molecule has 3 fully saturated rings. The molecule has 6 rings (SSSR count). The summed E-state index contributed by atoms with van der Waals surface area (Å²) in [6.07, 6.45) is 7.76. The van der Waals surface area contributed by atoms with Gasteiger partial charge in [0.25, 0.3) is 0 Å². The molecule has 0 spiro atoms. The molecule has 3 saturated heterocycles. The van der Waals surface area contributed by atoms with Crippen molar-refractivity contribution < 1.29 is 19.4 Å².